The number of rotatable bonds is 2. The molecule has 1 fully saturated rings. The van der Waals surface area contributed by atoms with E-state index in [1.54, 1.807) is 7.05 Å². The maximum Gasteiger partial charge on any atom is 0.262 e. The molecule has 18 heavy (non-hydrogen) atoms. The summed E-state index contributed by atoms with van der Waals surface area (Å²) >= 11 is 5.77. The normalized spacial score (nSPS) is 21.6. The molecule has 1 aromatic heterocycles. The molecule has 0 aromatic carbocycles. The number of hydrogen-bond acceptors (Lipinski definition) is 4. The van der Waals surface area contributed by atoms with Crippen LogP contribution in [0.3, 0.4) is 0 Å². The molecule has 0 aliphatic carbocycles. The van der Waals surface area contributed by atoms with Crippen LogP contribution in [0.15, 0.2) is 11.2 Å². The highest BCUT2D eigenvalue weighted by Crippen LogP contribution is 2.19. The highest BCUT2D eigenvalue weighted by Gasteiger charge is 2.32. The van der Waals surface area contributed by atoms with Crippen molar-refractivity contribution in [3.63, 3.8) is 0 Å². The molecule has 0 amide bonds. The van der Waals surface area contributed by atoms with Crippen LogP contribution >= 0.6 is 24.0 Å². The molecular formula is C9H16Cl2N4O2S. The van der Waals surface area contributed by atoms with Gasteiger partial charge in [0.2, 0.25) is 5.28 Å². The van der Waals surface area contributed by atoms with Crippen molar-refractivity contribution in [3.05, 3.63) is 11.5 Å². The van der Waals surface area contributed by atoms with Crippen molar-refractivity contribution >= 4 is 34.0 Å². The average molecular weight is 315 g/mol. The third-order valence-corrected chi connectivity index (χ3v) is 5.05. The summed E-state index contributed by atoms with van der Waals surface area (Å²) in [6.45, 7) is 3.63. The van der Waals surface area contributed by atoms with Gasteiger partial charge in [0, 0.05) is 38.9 Å². The van der Waals surface area contributed by atoms with Crippen LogP contribution in [0.5, 0.6) is 0 Å². The van der Waals surface area contributed by atoms with E-state index in [1.807, 2.05) is 6.92 Å². The number of nitrogens with zero attached hydrogens (tertiary/aromatic N) is 3. The minimum absolute atomic E-state index is 0. The van der Waals surface area contributed by atoms with Gasteiger partial charge in [-0.1, -0.05) is 0 Å². The fourth-order valence-corrected chi connectivity index (χ4v) is 3.64. The number of halogens is 2. The van der Waals surface area contributed by atoms with Gasteiger partial charge in [-0.25, -0.2) is 13.4 Å². The van der Waals surface area contributed by atoms with E-state index in [0.717, 1.165) is 0 Å². The molecule has 2 rings (SSSR count). The van der Waals surface area contributed by atoms with Crippen molar-refractivity contribution in [1.29, 1.82) is 0 Å². The first-order chi connectivity index (χ1) is 7.93. The van der Waals surface area contributed by atoms with Crippen LogP contribution in [0.1, 0.15) is 6.92 Å². The molecular weight excluding hydrogens is 299 g/mol. The minimum atomic E-state index is -3.54. The zero-order chi connectivity index (χ0) is 12.6. The number of hydrogen-bond donors (Lipinski definition) is 1. The number of nitrogens with one attached hydrogen (secondary N) is 1. The van der Waals surface area contributed by atoms with Crippen LogP contribution in [-0.2, 0) is 17.1 Å². The van der Waals surface area contributed by atoms with E-state index in [-0.39, 0.29) is 28.8 Å². The Hall–Kier alpha value is -0.340. The first-order valence-corrected chi connectivity index (χ1v) is 7.16. The summed E-state index contributed by atoms with van der Waals surface area (Å²) in [5.41, 5.74) is 0. The van der Waals surface area contributed by atoms with Gasteiger partial charge in [-0.3, -0.25) is 0 Å². The van der Waals surface area contributed by atoms with Crippen LogP contribution in [-0.4, -0.2) is 48.0 Å². The molecule has 1 aromatic rings. The van der Waals surface area contributed by atoms with Crippen molar-refractivity contribution in [1.82, 2.24) is 19.2 Å². The molecule has 104 valence electrons. The largest absolute Gasteiger partial charge is 0.323 e. The minimum Gasteiger partial charge on any atom is -0.323 e. The molecule has 1 aliphatic heterocycles. The topological polar surface area (TPSA) is 67.2 Å². The third-order valence-electron chi connectivity index (χ3n) is 2.81. The summed E-state index contributed by atoms with van der Waals surface area (Å²) < 4.78 is 27.6. The second-order valence-electron chi connectivity index (χ2n) is 4.13. The predicted molar refractivity (Wildman–Crippen MR) is 71.7 cm³/mol. The fourth-order valence-electron chi connectivity index (χ4n) is 1.84. The second kappa shape index (κ2) is 5.75. The number of aryl methyl sites for hydroxylation is 1. The molecule has 6 nitrogen and oxygen atoms in total. The van der Waals surface area contributed by atoms with E-state index < -0.39 is 10.0 Å². The van der Waals surface area contributed by atoms with E-state index in [4.69, 9.17) is 11.6 Å². The number of aromatic nitrogens is 2. The SMILES string of the molecule is CC1CNCCN1S(=O)(=O)c1cn(C)c(Cl)n1.Cl. The van der Waals surface area contributed by atoms with Crippen molar-refractivity contribution in [2.45, 2.75) is 18.0 Å². The Morgan fingerprint density at radius 3 is 2.72 bits per heavy atom. The predicted octanol–water partition coefficient (Wildman–Crippen LogP) is 0.478. The van der Waals surface area contributed by atoms with Gasteiger partial charge < -0.3 is 9.88 Å². The Morgan fingerprint density at radius 1 is 1.56 bits per heavy atom. The van der Waals surface area contributed by atoms with Crippen LogP contribution in [0.25, 0.3) is 0 Å². The first kappa shape index (κ1) is 15.7. The Labute approximate surface area is 118 Å². The summed E-state index contributed by atoms with van der Waals surface area (Å²) in [5, 5.41) is 3.33. The lowest BCUT2D eigenvalue weighted by atomic mass is 10.3. The van der Waals surface area contributed by atoms with Crippen LogP contribution < -0.4 is 5.32 Å². The molecule has 0 bridgehead atoms. The molecule has 1 aliphatic rings. The van der Waals surface area contributed by atoms with Gasteiger partial charge in [0.25, 0.3) is 10.0 Å². The Kier molecular flexibility index (Phi) is 5.02. The highest BCUT2D eigenvalue weighted by molar-refractivity contribution is 7.89. The Balaban J connectivity index is 0.00000162. The summed E-state index contributed by atoms with van der Waals surface area (Å²) in [4.78, 5) is 3.87. The van der Waals surface area contributed by atoms with Gasteiger partial charge in [0.05, 0.1) is 0 Å². The van der Waals surface area contributed by atoms with Crippen LogP contribution in [0.4, 0.5) is 0 Å². The van der Waals surface area contributed by atoms with Crippen LogP contribution in [0.2, 0.25) is 5.28 Å². The number of imidazole rings is 1. The molecule has 9 heteroatoms. The molecule has 0 saturated carbocycles. The van der Waals surface area contributed by atoms with E-state index in [2.05, 4.69) is 10.3 Å². The molecule has 1 atom stereocenters. The summed E-state index contributed by atoms with van der Waals surface area (Å²) in [6, 6.07) is -0.0745. The maximum atomic E-state index is 12.3. The lowest BCUT2D eigenvalue weighted by molar-refractivity contribution is 0.283. The lowest BCUT2D eigenvalue weighted by Crippen LogP contribution is -2.52. The average Bonchev–Trinajstić information content (AvgIpc) is 2.60. The van der Waals surface area contributed by atoms with Crippen molar-refractivity contribution in [3.8, 4) is 0 Å². The fraction of sp³-hybridized carbons (Fsp3) is 0.667. The zero-order valence-electron chi connectivity index (χ0n) is 10.1. The summed E-state index contributed by atoms with van der Waals surface area (Å²) in [6.07, 6.45) is 1.44. The molecule has 0 spiro atoms. The van der Waals surface area contributed by atoms with Gasteiger partial charge in [0.15, 0.2) is 5.03 Å². The van der Waals surface area contributed by atoms with Crippen molar-refractivity contribution in [2.75, 3.05) is 19.6 Å². The molecule has 0 radical (unpaired) electrons. The van der Waals surface area contributed by atoms with E-state index in [1.165, 1.54) is 15.1 Å². The molecule has 1 N–H and O–H groups in total. The Bertz CT molecular complexity index is 497. The molecule has 1 unspecified atom stereocenters. The lowest BCUT2D eigenvalue weighted by Gasteiger charge is -2.32. The Morgan fingerprint density at radius 2 is 2.22 bits per heavy atom. The van der Waals surface area contributed by atoms with Crippen LogP contribution in [0, 0.1) is 0 Å². The molecule has 1 saturated heterocycles. The third kappa shape index (κ3) is 2.80. The summed E-state index contributed by atoms with van der Waals surface area (Å²) in [7, 11) is -1.87. The maximum absolute atomic E-state index is 12.3. The van der Waals surface area contributed by atoms with Gasteiger partial charge in [-0.2, -0.15) is 4.31 Å². The quantitative estimate of drug-likeness (QED) is 0.862. The standard InChI is InChI=1S/C9H15ClN4O2S.ClH/c1-7-5-11-3-4-14(7)17(15,16)8-6-13(2)9(10)12-8;/h6-7,11H,3-5H2,1-2H3;1H. The summed E-state index contributed by atoms with van der Waals surface area (Å²) in [5.74, 6) is 0. The second-order valence-corrected chi connectivity index (χ2v) is 6.30. The van der Waals surface area contributed by atoms with Gasteiger partial charge in [0.1, 0.15) is 0 Å². The van der Waals surface area contributed by atoms with E-state index in [9.17, 15) is 8.42 Å². The molecule has 2 heterocycles. The highest BCUT2D eigenvalue weighted by atomic mass is 35.5. The number of sulfonamides is 1. The monoisotopic (exact) mass is 314 g/mol. The van der Waals surface area contributed by atoms with Gasteiger partial charge in [-0.15, -0.1) is 12.4 Å². The van der Waals surface area contributed by atoms with E-state index >= 15 is 0 Å². The first-order valence-electron chi connectivity index (χ1n) is 5.34. The van der Waals surface area contributed by atoms with Crippen molar-refractivity contribution in [2.24, 2.45) is 7.05 Å². The zero-order valence-corrected chi connectivity index (χ0v) is 12.5. The van der Waals surface area contributed by atoms with Crippen molar-refractivity contribution < 1.29 is 8.42 Å². The van der Waals surface area contributed by atoms with Gasteiger partial charge in [-0.05, 0) is 18.5 Å². The van der Waals surface area contributed by atoms with E-state index in [0.29, 0.717) is 19.6 Å². The number of piperazine rings is 1. The smallest absolute Gasteiger partial charge is 0.262 e. The van der Waals surface area contributed by atoms with Gasteiger partial charge >= 0.3 is 0 Å².